The molecule has 2 N–H and O–H groups in total. The lowest BCUT2D eigenvalue weighted by Gasteiger charge is -2.39. The molecule has 3 unspecified atom stereocenters. The number of hydrogen-bond donors (Lipinski definition) is 1. The van der Waals surface area contributed by atoms with Gasteiger partial charge in [-0.25, -0.2) is 0 Å². The molecule has 0 bridgehead atoms. The summed E-state index contributed by atoms with van der Waals surface area (Å²) in [4.78, 5) is 1.16. The topological polar surface area (TPSA) is 70.3 Å². The predicted octanol–water partition coefficient (Wildman–Crippen LogP) is 1.69. The third-order valence-electron chi connectivity index (χ3n) is 4.33. The molecule has 19 heavy (non-hydrogen) atoms. The molecule has 0 saturated carbocycles. The maximum atomic E-state index is 6.48. The van der Waals surface area contributed by atoms with Crippen LogP contribution in [-0.2, 0) is 15.9 Å². The maximum absolute atomic E-state index is 6.48. The van der Waals surface area contributed by atoms with Crippen molar-refractivity contribution < 1.29 is 9.47 Å². The molecule has 0 aliphatic carbocycles. The summed E-state index contributed by atoms with van der Waals surface area (Å²) in [6, 6.07) is 0.0383. The molecule has 5 nitrogen and oxygen atoms in total. The van der Waals surface area contributed by atoms with Crippen LogP contribution in [0, 0.1) is 5.92 Å². The number of rotatable bonds is 3. The second-order valence-corrected chi connectivity index (χ2v) is 6.34. The minimum absolute atomic E-state index is 0.0383. The van der Waals surface area contributed by atoms with Crippen molar-refractivity contribution in [2.24, 2.45) is 11.7 Å². The number of hydrogen-bond acceptors (Lipinski definition) is 6. The van der Waals surface area contributed by atoms with Gasteiger partial charge in [-0.15, -0.1) is 5.10 Å². The van der Waals surface area contributed by atoms with Gasteiger partial charge < -0.3 is 15.2 Å². The van der Waals surface area contributed by atoms with Crippen LogP contribution in [0.3, 0.4) is 0 Å². The van der Waals surface area contributed by atoms with E-state index in [0.29, 0.717) is 5.92 Å². The highest BCUT2D eigenvalue weighted by Gasteiger charge is 2.43. The summed E-state index contributed by atoms with van der Waals surface area (Å²) in [5.41, 5.74) is 7.45. The van der Waals surface area contributed by atoms with Gasteiger partial charge in [0, 0.05) is 25.7 Å². The zero-order valence-corrected chi connectivity index (χ0v) is 12.1. The Labute approximate surface area is 117 Å². The Bertz CT molecular complexity index is 431. The maximum Gasteiger partial charge on any atom is 0.0940 e. The van der Waals surface area contributed by atoms with Crippen molar-refractivity contribution in [1.29, 1.82) is 0 Å². The van der Waals surface area contributed by atoms with Gasteiger partial charge in [-0.3, -0.25) is 0 Å². The number of aryl methyl sites for hydroxylation is 1. The van der Waals surface area contributed by atoms with E-state index >= 15 is 0 Å². The number of aromatic nitrogens is 2. The van der Waals surface area contributed by atoms with E-state index in [1.165, 1.54) is 11.5 Å². The van der Waals surface area contributed by atoms with Crippen molar-refractivity contribution in [2.45, 2.75) is 44.2 Å². The number of ether oxygens (including phenoxy) is 2. The molecule has 6 heteroatoms. The summed E-state index contributed by atoms with van der Waals surface area (Å²) in [6.45, 7) is 4.42. The normalized spacial score (nSPS) is 32.8. The van der Waals surface area contributed by atoms with Gasteiger partial charge in [0.2, 0.25) is 0 Å². The first-order chi connectivity index (χ1) is 9.24. The van der Waals surface area contributed by atoms with Gasteiger partial charge in [0.05, 0.1) is 22.8 Å². The van der Waals surface area contributed by atoms with Crippen LogP contribution in [-0.4, -0.2) is 35.0 Å². The minimum Gasteiger partial charge on any atom is -0.378 e. The van der Waals surface area contributed by atoms with E-state index in [4.69, 9.17) is 15.2 Å². The zero-order chi connectivity index (χ0) is 13.3. The Hall–Kier alpha value is -0.560. The molecular weight excluding hydrogens is 262 g/mol. The molecule has 2 saturated heterocycles. The van der Waals surface area contributed by atoms with Crippen LogP contribution in [0.2, 0.25) is 0 Å². The lowest BCUT2D eigenvalue weighted by Crippen LogP contribution is -2.43. The second-order valence-electron chi connectivity index (χ2n) is 5.55. The monoisotopic (exact) mass is 283 g/mol. The van der Waals surface area contributed by atoms with Gasteiger partial charge in [-0.05, 0) is 36.7 Å². The van der Waals surface area contributed by atoms with Gasteiger partial charge in [-0.1, -0.05) is 11.4 Å². The molecule has 1 aromatic rings. The molecule has 0 amide bonds. The molecule has 2 fully saturated rings. The number of nitrogens with two attached hydrogens (primary N) is 1. The van der Waals surface area contributed by atoms with Gasteiger partial charge in [-0.2, -0.15) is 0 Å². The molecule has 3 rings (SSSR count). The smallest absolute Gasteiger partial charge is 0.0940 e. The highest BCUT2D eigenvalue weighted by Crippen LogP contribution is 2.41. The molecular formula is C13H21N3O2S. The molecule has 0 aromatic carbocycles. The van der Waals surface area contributed by atoms with Crippen LogP contribution < -0.4 is 5.73 Å². The number of nitrogens with zero attached hydrogens (tertiary/aromatic N) is 2. The van der Waals surface area contributed by atoms with Gasteiger partial charge in [0.1, 0.15) is 0 Å². The fraction of sp³-hybridized carbons (Fsp3) is 0.846. The first-order valence-electron chi connectivity index (χ1n) is 7.02. The van der Waals surface area contributed by atoms with Crippen LogP contribution in [0.1, 0.15) is 42.8 Å². The Morgan fingerprint density at radius 3 is 3.16 bits per heavy atom. The fourth-order valence-electron chi connectivity index (χ4n) is 3.16. The Morgan fingerprint density at radius 1 is 1.53 bits per heavy atom. The average Bonchev–Trinajstić information content (AvgIpc) is 3.07. The summed E-state index contributed by atoms with van der Waals surface area (Å²) >= 11 is 1.45. The third kappa shape index (κ3) is 2.54. The molecule has 2 aliphatic rings. The van der Waals surface area contributed by atoms with E-state index in [2.05, 4.69) is 16.5 Å². The second kappa shape index (κ2) is 5.44. The molecule has 1 spiro atoms. The van der Waals surface area contributed by atoms with Crippen molar-refractivity contribution in [3.8, 4) is 0 Å². The van der Waals surface area contributed by atoms with Crippen molar-refractivity contribution in [3.05, 3.63) is 10.6 Å². The van der Waals surface area contributed by atoms with Crippen LogP contribution in [0.4, 0.5) is 0 Å². The first kappa shape index (κ1) is 13.4. The lowest BCUT2D eigenvalue weighted by molar-refractivity contribution is -0.101. The standard InChI is InChI=1S/C13H21N3O2S/c1-2-10-12(19-16-15-10)11(14)9-3-5-18-13(7-9)4-6-17-8-13/h9,11H,2-8,14H2,1H3. The first-order valence-corrected chi connectivity index (χ1v) is 7.80. The highest BCUT2D eigenvalue weighted by molar-refractivity contribution is 7.05. The van der Waals surface area contributed by atoms with Crippen LogP contribution in [0.25, 0.3) is 0 Å². The third-order valence-corrected chi connectivity index (χ3v) is 5.20. The fourth-order valence-corrected chi connectivity index (χ4v) is 4.00. The van der Waals surface area contributed by atoms with E-state index in [0.717, 1.165) is 56.1 Å². The van der Waals surface area contributed by atoms with E-state index in [9.17, 15) is 0 Å². The van der Waals surface area contributed by atoms with Crippen molar-refractivity contribution in [1.82, 2.24) is 9.59 Å². The zero-order valence-electron chi connectivity index (χ0n) is 11.3. The van der Waals surface area contributed by atoms with Crippen molar-refractivity contribution in [2.75, 3.05) is 19.8 Å². The summed E-state index contributed by atoms with van der Waals surface area (Å²) in [6.07, 6.45) is 3.91. The summed E-state index contributed by atoms with van der Waals surface area (Å²) in [5, 5.41) is 4.17. The summed E-state index contributed by atoms with van der Waals surface area (Å²) in [7, 11) is 0. The van der Waals surface area contributed by atoms with E-state index in [-0.39, 0.29) is 11.6 Å². The largest absolute Gasteiger partial charge is 0.378 e. The Kier molecular flexibility index (Phi) is 3.84. The molecule has 3 atom stereocenters. The van der Waals surface area contributed by atoms with Gasteiger partial charge in [0.15, 0.2) is 0 Å². The van der Waals surface area contributed by atoms with E-state index < -0.39 is 0 Å². The molecule has 3 heterocycles. The Balaban J connectivity index is 1.74. The molecule has 0 radical (unpaired) electrons. The Morgan fingerprint density at radius 2 is 2.42 bits per heavy atom. The minimum atomic E-state index is -0.0783. The lowest BCUT2D eigenvalue weighted by atomic mass is 9.80. The summed E-state index contributed by atoms with van der Waals surface area (Å²) in [5.74, 6) is 0.447. The van der Waals surface area contributed by atoms with Crippen LogP contribution in [0.5, 0.6) is 0 Å². The predicted molar refractivity (Wildman–Crippen MR) is 73.1 cm³/mol. The average molecular weight is 283 g/mol. The molecule has 1 aromatic heterocycles. The quantitative estimate of drug-likeness (QED) is 0.914. The SMILES string of the molecule is CCc1nnsc1C(N)C1CCOC2(CCOC2)C1. The highest BCUT2D eigenvalue weighted by atomic mass is 32.1. The van der Waals surface area contributed by atoms with Crippen molar-refractivity contribution in [3.63, 3.8) is 0 Å². The van der Waals surface area contributed by atoms with Crippen LogP contribution >= 0.6 is 11.5 Å². The van der Waals surface area contributed by atoms with Gasteiger partial charge >= 0.3 is 0 Å². The van der Waals surface area contributed by atoms with E-state index in [1.54, 1.807) is 0 Å². The van der Waals surface area contributed by atoms with Gasteiger partial charge in [0.25, 0.3) is 0 Å². The van der Waals surface area contributed by atoms with E-state index in [1.807, 2.05) is 0 Å². The van der Waals surface area contributed by atoms with Crippen molar-refractivity contribution >= 4 is 11.5 Å². The molecule has 106 valence electrons. The van der Waals surface area contributed by atoms with Crippen LogP contribution in [0.15, 0.2) is 0 Å². The molecule has 2 aliphatic heterocycles. The summed E-state index contributed by atoms with van der Waals surface area (Å²) < 4.78 is 15.5.